The van der Waals surface area contributed by atoms with Crippen molar-refractivity contribution in [3.8, 4) is 17.6 Å². The number of rotatable bonds is 8. The number of nitrogens with one attached hydrogen (secondary N) is 1. The van der Waals surface area contributed by atoms with Gasteiger partial charge >= 0.3 is 0 Å². The van der Waals surface area contributed by atoms with Gasteiger partial charge in [0.15, 0.2) is 11.5 Å². The number of carbonyl (C=O) groups is 1. The van der Waals surface area contributed by atoms with Crippen molar-refractivity contribution < 1.29 is 14.3 Å². The van der Waals surface area contributed by atoms with Crippen molar-refractivity contribution in [2.75, 3.05) is 20.8 Å². The Balaban J connectivity index is 2.02. The van der Waals surface area contributed by atoms with Crippen molar-refractivity contribution in [3.63, 3.8) is 0 Å². The molecular formula is C21H21BrN2O3. The van der Waals surface area contributed by atoms with E-state index in [0.29, 0.717) is 28.1 Å². The first-order chi connectivity index (χ1) is 13.1. The zero-order valence-corrected chi connectivity index (χ0v) is 16.9. The topological polar surface area (TPSA) is 71.3 Å². The first kappa shape index (κ1) is 20.5. The van der Waals surface area contributed by atoms with E-state index in [-0.39, 0.29) is 5.57 Å². The summed E-state index contributed by atoms with van der Waals surface area (Å²) in [6, 6.07) is 15.5. The molecule has 0 heterocycles. The normalized spacial score (nSPS) is 10.8. The van der Waals surface area contributed by atoms with Gasteiger partial charge in [0, 0.05) is 11.0 Å². The molecular weight excluding hydrogens is 408 g/mol. The summed E-state index contributed by atoms with van der Waals surface area (Å²) < 4.78 is 11.2. The van der Waals surface area contributed by atoms with Crippen LogP contribution in [0.2, 0.25) is 0 Å². The third-order valence-corrected chi connectivity index (χ3v) is 4.63. The average Bonchev–Trinajstić information content (AvgIpc) is 2.70. The van der Waals surface area contributed by atoms with Gasteiger partial charge < -0.3 is 14.8 Å². The molecule has 0 radical (unpaired) electrons. The van der Waals surface area contributed by atoms with Crippen molar-refractivity contribution in [1.82, 2.24) is 5.32 Å². The van der Waals surface area contributed by atoms with Gasteiger partial charge in [-0.3, -0.25) is 4.79 Å². The number of benzene rings is 2. The third kappa shape index (κ3) is 5.87. The van der Waals surface area contributed by atoms with E-state index in [2.05, 4.69) is 33.4 Å². The Hall–Kier alpha value is -2.78. The van der Waals surface area contributed by atoms with Gasteiger partial charge in [-0.15, -0.1) is 0 Å². The molecule has 2 aromatic carbocycles. The minimum absolute atomic E-state index is 0.0302. The van der Waals surface area contributed by atoms with Gasteiger partial charge in [-0.25, -0.2) is 0 Å². The summed E-state index contributed by atoms with van der Waals surface area (Å²) in [4.78, 5) is 12.3. The van der Waals surface area contributed by atoms with Crippen molar-refractivity contribution >= 4 is 27.9 Å². The van der Waals surface area contributed by atoms with Crippen molar-refractivity contribution in [3.05, 3.63) is 63.6 Å². The Morgan fingerprint density at radius 2 is 1.85 bits per heavy atom. The SMILES string of the molecule is COc1cc(Br)c(/C=C(/C#N)C(=O)NCCCc2ccccc2)cc1OC. The van der Waals surface area contributed by atoms with E-state index in [4.69, 9.17) is 9.47 Å². The molecule has 2 rings (SSSR count). The highest BCUT2D eigenvalue weighted by molar-refractivity contribution is 9.10. The maximum atomic E-state index is 12.3. The Labute approximate surface area is 167 Å². The number of hydrogen-bond acceptors (Lipinski definition) is 4. The third-order valence-electron chi connectivity index (χ3n) is 3.94. The molecule has 0 aromatic heterocycles. The fourth-order valence-corrected chi connectivity index (χ4v) is 2.96. The summed E-state index contributed by atoms with van der Waals surface area (Å²) in [5.41, 5.74) is 1.91. The van der Waals surface area contributed by atoms with Crippen LogP contribution in [0, 0.1) is 11.3 Å². The number of halogens is 1. The number of nitrogens with zero attached hydrogens (tertiary/aromatic N) is 1. The monoisotopic (exact) mass is 428 g/mol. The van der Waals surface area contributed by atoms with E-state index in [0.717, 1.165) is 12.8 Å². The molecule has 2 aromatic rings. The molecule has 0 aliphatic rings. The Morgan fingerprint density at radius 3 is 2.48 bits per heavy atom. The van der Waals surface area contributed by atoms with E-state index in [9.17, 15) is 10.1 Å². The van der Waals surface area contributed by atoms with Gasteiger partial charge in [-0.05, 0) is 42.2 Å². The minimum atomic E-state index is -0.396. The number of nitriles is 1. The molecule has 1 amide bonds. The molecule has 1 N–H and O–H groups in total. The summed E-state index contributed by atoms with van der Waals surface area (Å²) in [6.45, 7) is 0.500. The minimum Gasteiger partial charge on any atom is -0.493 e. The highest BCUT2D eigenvalue weighted by Gasteiger charge is 2.12. The van der Waals surface area contributed by atoms with Crippen molar-refractivity contribution in [2.24, 2.45) is 0 Å². The zero-order valence-electron chi connectivity index (χ0n) is 15.3. The highest BCUT2D eigenvalue weighted by Crippen LogP contribution is 2.34. The van der Waals surface area contributed by atoms with Crippen LogP contribution in [0.15, 0.2) is 52.5 Å². The lowest BCUT2D eigenvalue weighted by Crippen LogP contribution is -2.25. The van der Waals surface area contributed by atoms with Crippen LogP contribution in [0.1, 0.15) is 17.5 Å². The van der Waals surface area contributed by atoms with Gasteiger partial charge in [-0.1, -0.05) is 46.3 Å². The van der Waals surface area contributed by atoms with Crippen LogP contribution in [0.3, 0.4) is 0 Å². The smallest absolute Gasteiger partial charge is 0.261 e. The average molecular weight is 429 g/mol. The zero-order chi connectivity index (χ0) is 19.6. The maximum Gasteiger partial charge on any atom is 0.261 e. The Kier molecular flexibility index (Phi) is 7.90. The number of carbonyl (C=O) groups excluding carboxylic acids is 1. The van der Waals surface area contributed by atoms with Gasteiger partial charge in [0.2, 0.25) is 0 Å². The molecule has 5 nitrogen and oxygen atoms in total. The second-order valence-electron chi connectivity index (χ2n) is 5.74. The van der Waals surface area contributed by atoms with Crippen LogP contribution < -0.4 is 14.8 Å². The predicted octanol–water partition coefficient (Wildman–Crippen LogP) is 4.12. The van der Waals surface area contributed by atoms with Crippen LogP contribution in [-0.2, 0) is 11.2 Å². The number of methoxy groups -OCH3 is 2. The molecule has 140 valence electrons. The largest absolute Gasteiger partial charge is 0.493 e. The Morgan fingerprint density at radius 1 is 1.19 bits per heavy atom. The number of ether oxygens (including phenoxy) is 2. The summed E-state index contributed by atoms with van der Waals surface area (Å²) in [6.07, 6.45) is 3.20. The van der Waals surface area contributed by atoms with E-state index in [1.165, 1.54) is 18.7 Å². The lowest BCUT2D eigenvalue weighted by Gasteiger charge is -2.10. The number of hydrogen-bond donors (Lipinski definition) is 1. The quantitative estimate of drug-likeness (QED) is 0.389. The molecule has 0 aliphatic carbocycles. The lowest BCUT2D eigenvalue weighted by atomic mass is 10.1. The van der Waals surface area contributed by atoms with Gasteiger partial charge in [0.1, 0.15) is 11.6 Å². The van der Waals surface area contributed by atoms with Crippen LogP contribution in [0.25, 0.3) is 6.08 Å². The second-order valence-corrected chi connectivity index (χ2v) is 6.60. The molecule has 27 heavy (non-hydrogen) atoms. The van der Waals surface area contributed by atoms with E-state index >= 15 is 0 Å². The fourth-order valence-electron chi connectivity index (χ4n) is 2.52. The number of aryl methyl sites for hydroxylation is 1. The summed E-state index contributed by atoms with van der Waals surface area (Å²) in [5, 5.41) is 12.2. The van der Waals surface area contributed by atoms with E-state index < -0.39 is 5.91 Å². The van der Waals surface area contributed by atoms with Crippen molar-refractivity contribution in [1.29, 1.82) is 5.26 Å². The van der Waals surface area contributed by atoms with Crippen LogP contribution in [0.4, 0.5) is 0 Å². The van der Waals surface area contributed by atoms with Crippen LogP contribution in [-0.4, -0.2) is 26.7 Å². The van der Waals surface area contributed by atoms with E-state index in [1.807, 2.05) is 24.3 Å². The number of amides is 1. The maximum absolute atomic E-state index is 12.3. The summed E-state index contributed by atoms with van der Waals surface area (Å²) >= 11 is 3.43. The van der Waals surface area contributed by atoms with Crippen LogP contribution in [0.5, 0.6) is 11.5 Å². The lowest BCUT2D eigenvalue weighted by molar-refractivity contribution is -0.117. The molecule has 0 saturated heterocycles. The standard InChI is InChI=1S/C21H21BrN2O3/c1-26-19-12-16(18(22)13-20(19)27-2)11-17(14-23)21(25)24-10-6-9-15-7-4-3-5-8-15/h3-5,7-8,11-13H,6,9-10H2,1-2H3,(H,24,25)/b17-11-. The molecule has 0 spiro atoms. The molecule has 0 fully saturated rings. The summed E-state index contributed by atoms with van der Waals surface area (Å²) in [7, 11) is 3.08. The molecule has 6 heteroatoms. The predicted molar refractivity (Wildman–Crippen MR) is 109 cm³/mol. The molecule has 0 bridgehead atoms. The van der Waals surface area contributed by atoms with Gasteiger partial charge in [0.25, 0.3) is 5.91 Å². The fraction of sp³-hybridized carbons (Fsp3) is 0.238. The van der Waals surface area contributed by atoms with Gasteiger partial charge in [0.05, 0.1) is 14.2 Å². The van der Waals surface area contributed by atoms with Crippen LogP contribution >= 0.6 is 15.9 Å². The van der Waals surface area contributed by atoms with Gasteiger partial charge in [-0.2, -0.15) is 5.26 Å². The highest BCUT2D eigenvalue weighted by atomic mass is 79.9. The summed E-state index contributed by atoms with van der Waals surface area (Å²) in [5.74, 6) is 0.685. The second kappa shape index (κ2) is 10.4. The molecule has 0 unspecified atom stereocenters. The first-order valence-corrected chi connectivity index (χ1v) is 9.23. The Bertz CT molecular complexity index is 858. The molecule has 0 atom stereocenters. The molecule has 0 saturated carbocycles. The first-order valence-electron chi connectivity index (χ1n) is 8.44. The molecule has 0 aliphatic heterocycles. The van der Waals surface area contributed by atoms with Crippen molar-refractivity contribution in [2.45, 2.75) is 12.8 Å². The van der Waals surface area contributed by atoms with E-state index in [1.54, 1.807) is 19.2 Å².